The fourth-order valence-corrected chi connectivity index (χ4v) is 8.46. The van der Waals surface area contributed by atoms with E-state index in [0.717, 1.165) is 0 Å². The number of guanidine groups is 1. The molecule has 0 unspecified atom stereocenters. The maximum absolute atomic E-state index is 13.8. The first-order valence-corrected chi connectivity index (χ1v) is 26.2. The highest BCUT2D eigenvalue weighted by Crippen LogP contribution is 2.21. The summed E-state index contributed by atoms with van der Waals surface area (Å²) in [6, 6.07) is -13.4. The molecular weight excluding hydrogens is 1010 g/mol. The van der Waals surface area contributed by atoms with Crippen molar-refractivity contribution in [2.75, 3.05) is 19.6 Å². The number of hydrogen-bond acceptors (Lipinski definition) is 14. The molecule has 0 aromatic heterocycles. The van der Waals surface area contributed by atoms with Crippen LogP contribution in [-0.2, 0) is 57.5 Å². The van der Waals surface area contributed by atoms with Crippen molar-refractivity contribution in [2.45, 2.75) is 194 Å². The largest absolute Gasteiger partial charge is 0.480 e. The van der Waals surface area contributed by atoms with Crippen LogP contribution in [0.1, 0.15) is 122 Å². The summed E-state index contributed by atoms with van der Waals surface area (Å²) in [6.45, 7) is 19.0. The minimum atomic E-state index is -1.30. The topological polar surface area (TPSA) is 430 Å². The zero-order valence-electron chi connectivity index (χ0n) is 46.4. The number of nitrogens with two attached hydrogens (primary N) is 3. The third kappa shape index (κ3) is 20.1. The summed E-state index contributed by atoms with van der Waals surface area (Å²) in [4.78, 5) is 165. The molecule has 2 saturated heterocycles. The van der Waals surface area contributed by atoms with E-state index in [1.807, 2.05) is 0 Å². The molecule has 2 fully saturated rings. The highest BCUT2D eigenvalue weighted by Gasteiger charge is 2.41. The van der Waals surface area contributed by atoms with E-state index in [-0.39, 0.29) is 44.9 Å². The average molecular weight is 1090 g/mol. The molecule has 434 valence electrons. The lowest BCUT2D eigenvalue weighted by atomic mass is 10.0. The lowest BCUT2D eigenvalue weighted by Crippen LogP contribution is -2.60. The Labute approximate surface area is 449 Å². The SMILES string of the molecule is CC(C)[C@H](NC(=O)[C@H](C)NC(=O)[C@@H](NC(=O)[C@@H]1CCCN1C(=O)[C@H](C)NC(=O)[C@H](C)N)C(C)C)C(=O)N[C@@H](C)C(=O)N[C@@H](C)C(=O)N1CCC[C@H]1C(=O)N[C@H](C(=O)N[C@@H](C)C(=O)N[C@@H](CCCN=C(N)N)C(=O)O)C(C)C. The second-order valence-electron chi connectivity index (χ2n) is 20.9. The Morgan fingerprint density at radius 1 is 0.481 bits per heavy atom. The maximum atomic E-state index is 13.8. The van der Waals surface area contributed by atoms with Gasteiger partial charge in [-0.15, -0.1) is 0 Å². The van der Waals surface area contributed by atoms with Crippen LogP contribution in [0.15, 0.2) is 4.99 Å². The predicted molar refractivity (Wildman–Crippen MR) is 281 cm³/mol. The van der Waals surface area contributed by atoms with Gasteiger partial charge < -0.3 is 80.0 Å². The van der Waals surface area contributed by atoms with Gasteiger partial charge in [0.15, 0.2) is 5.96 Å². The maximum Gasteiger partial charge on any atom is 0.326 e. The van der Waals surface area contributed by atoms with Gasteiger partial charge in [0.1, 0.15) is 66.5 Å². The van der Waals surface area contributed by atoms with Gasteiger partial charge in [-0.2, -0.15) is 0 Å². The number of amides is 11. The Bertz CT molecular complexity index is 2190. The van der Waals surface area contributed by atoms with Crippen molar-refractivity contribution in [3.63, 3.8) is 0 Å². The van der Waals surface area contributed by atoms with Gasteiger partial charge in [-0.25, -0.2) is 4.79 Å². The lowest BCUT2D eigenvalue weighted by Gasteiger charge is -2.30. The second kappa shape index (κ2) is 30.6. The molecule has 28 nitrogen and oxygen atoms in total. The van der Waals surface area contributed by atoms with Gasteiger partial charge in [0.2, 0.25) is 65.0 Å². The standard InChI is InChI=1S/C49H85N15O13/c1-22(2)34(60-40(68)28(10)56-45(73)36(24(5)6)62-41(69)32-17-14-20-63(32)46(74)29(11)57-37(65)25(7)50)43(71)54-26(8)38(66)58-30(12)47(75)64-21-15-18-33(64)42(70)61-35(23(3)4)44(72)55-27(9)39(67)59-31(48(76)77)16-13-19-53-49(51)52/h22-36H,13-21,50H2,1-12H3,(H,54,71)(H,55,72)(H,56,73)(H,57,65)(H,58,66)(H,59,67)(H,60,68)(H,61,70)(H,62,69)(H,76,77)(H4,51,52,53)/t25-,26-,27-,28-,29-,30-,31-,32-,33-,34-,35-,36-/m0/s1. The zero-order valence-corrected chi connectivity index (χ0v) is 46.4. The molecular formula is C49H85N15O13. The zero-order chi connectivity index (χ0) is 58.8. The minimum absolute atomic E-state index is 0.00544. The molecule has 0 saturated carbocycles. The van der Waals surface area contributed by atoms with E-state index >= 15 is 0 Å². The van der Waals surface area contributed by atoms with Crippen LogP contribution in [0.2, 0.25) is 0 Å². The number of likely N-dealkylation sites (tertiary alicyclic amines) is 2. The number of nitrogens with one attached hydrogen (secondary N) is 9. The molecule has 77 heavy (non-hydrogen) atoms. The summed E-state index contributed by atoms with van der Waals surface area (Å²) in [6.07, 6.45) is 1.73. The molecule has 2 heterocycles. The van der Waals surface area contributed by atoms with Gasteiger partial charge in [-0.05, 0) is 97.8 Å². The molecule has 0 spiro atoms. The summed E-state index contributed by atoms with van der Waals surface area (Å²) in [7, 11) is 0. The van der Waals surface area contributed by atoms with Crippen molar-refractivity contribution >= 4 is 76.9 Å². The second-order valence-corrected chi connectivity index (χ2v) is 20.9. The fraction of sp³-hybridized carbons (Fsp3) is 0.735. The van der Waals surface area contributed by atoms with Crippen LogP contribution in [0.3, 0.4) is 0 Å². The Kier molecular flexibility index (Phi) is 26.2. The van der Waals surface area contributed by atoms with Crippen molar-refractivity contribution in [1.29, 1.82) is 0 Å². The number of aliphatic carboxylic acids is 1. The summed E-state index contributed by atoms with van der Waals surface area (Å²) in [5.74, 6) is -10.3. The number of carbonyl (C=O) groups excluding carboxylic acids is 11. The molecule has 0 aliphatic carbocycles. The number of nitrogens with zero attached hydrogens (tertiary/aromatic N) is 3. The third-order valence-electron chi connectivity index (χ3n) is 13.1. The molecule has 16 N–H and O–H groups in total. The number of carbonyl (C=O) groups is 12. The molecule has 2 rings (SSSR count). The van der Waals surface area contributed by atoms with Crippen molar-refractivity contribution in [2.24, 2.45) is 39.9 Å². The van der Waals surface area contributed by atoms with Crippen LogP contribution in [0.4, 0.5) is 0 Å². The van der Waals surface area contributed by atoms with E-state index in [4.69, 9.17) is 17.2 Å². The monoisotopic (exact) mass is 1090 g/mol. The molecule has 11 amide bonds. The Morgan fingerprint density at radius 3 is 1.17 bits per heavy atom. The first-order valence-electron chi connectivity index (χ1n) is 26.2. The number of rotatable bonds is 28. The van der Waals surface area contributed by atoms with Gasteiger partial charge in [0.25, 0.3) is 0 Å². The van der Waals surface area contributed by atoms with E-state index in [0.29, 0.717) is 19.3 Å². The first kappa shape index (κ1) is 66.0. The van der Waals surface area contributed by atoms with Gasteiger partial charge in [0.05, 0.1) is 6.04 Å². The molecule has 2 aliphatic heterocycles. The number of carboxylic acid groups (broad SMARTS) is 1. The summed E-state index contributed by atoms with van der Waals surface area (Å²) in [5.41, 5.74) is 16.2. The average Bonchev–Trinajstić information content (AvgIpc) is 4.05. The van der Waals surface area contributed by atoms with E-state index in [2.05, 4.69) is 52.8 Å². The Morgan fingerprint density at radius 2 is 0.818 bits per heavy atom. The van der Waals surface area contributed by atoms with Crippen molar-refractivity contribution in [3.05, 3.63) is 0 Å². The molecule has 2 aliphatic rings. The molecule has 12 atom stereocenters. The Hall–Kier alpha value is -7.13. The first-order chi connectivity index (χ1) is 35.8. The normalized spacial score (nSPS) is 19.1. The fourth-order valence-electron chi connectivity index (χ4n) is 8.46. The van der Waals surface area contributed by atoms with Crippen molar-refractivity contribution in [1.82, 2.24) is 57.7 Å². The summed E-state index contributed by atoms with van der Waals surface area (Å²) in [5, 5.41) is 32.7. The van der Waals surface area contributed by atoms with E-state index < -0.39 is 161 Å². The molecule has 28 heteroatoms. The van der Waals surface area contributed by atoms with Crippen LogP contribution >= 0.6 is 0 Å². The Balaban J connectivity index is 2.01. The predicted octanol–water partition coefficient (Wildman–Crippen LogP) is -4.12. The van der Waals surface area contributed by atoms with E-state index in [1.54, 1.807) is 41.5 Å². The van der Waals surface area contributed by atoms with Crippen LogP contribution in [0, 0.1) is 17.8 Å². The third-order valence-corrected chi connectivity index (χ3v) is 13.1. The van der Waals surface area contributed by atoms with Crippen molar-refractivity contribution < 1.29 is 62.6 Å². The summed E-state index contributed by atoms with van der Waals surface area (Å²) >= 11 is 0. The van der Waals surface area contributed by atoms with Gasteiger partial charge >= 0.3 is 5.97 Å². The molecule has 0 aromatic rings. The van der Waals surface area contributed by atoms with E-state index in [1.165, 1.54) is 51.3 Å². The quantitative estimate of drug-likeness (QED) is 0.0201. The summed E-state index contributed by atoms with van der Waals surface area (Å²) < 4.78 is 0. The van der Waals surface area contributed by atoms with Crippen molar-refractivity contribution in [3.8, 4) is 0 Å². The van der Waals surface area contributed by atoms with Crippen LogP contribution in [-0.4, -0.2) is 184 Å². The number of aliphatic imine (C=N–C) groups is 1. The van der Waals surface area contributed by atoms with E-state index in [9.17, 15) is 62.6 Å². The lowest BCUT2D eigenvalue weighted by molar-refractivity contribution is -0.143. The van der Waals surface area contributed by atoms with Crippen LogP contribution in [0.5, 0.6) is 0 Å². The molecule has 0 aromatic carbocycles. The number of hydrogen-bond donors (Lipinski definition) is 13. The number of carboxylic acids is 1. The van der Waals surface area contributed by atoms with Crippen LogP contribution < -0.4 is 65.1 Å². The minimum Gasteiger partial charge on any atom is -0.480 e. The van der Waals surface area contributed by atoms with Gasteiger partial charge in [0, 0.05) is 19.6 Å². The smallest absolute Gasteiger partial charge is 0.326 e. The highest BCUT2D eigenvalue weighted by molar-refractivity contribution is 5.99. The molecule has 0 bridgehead atoms. The molecule has 0 radical (unpaired) electrons. The van der Waals surface area contributed by atoms with Gasteiger partial charge in [-0.1, -0.05) is 41.5 Å². The van der Waals surface area contributed by atoms with Crippen LogP contribution in [0.25, 0.3) is 0 Å². The highest BCUT2D eigenvalue weighted by atomic mass is 16.4. The van der Waals surface area contributed by atoms with Gasteiger partial charge in [-0.3, -0.25) is 57.7 Å².